The van der Waals surface area contributed by atoms with Crippen molar-refractivity contribution >= 4 is 33.2 Å². The van der Waals surface area contributed by atoms with Crippen LogP contribution in [-0.2, 0) is 0 Å². The monoisotopic (exact) mass is 302 g/mol. The van der Waals surface area contributed by atoms with E-state index in [2.05, 4.69) is 25.8 Å². The summed E-state index contributed by atoms with van der Waals surface area (Å²) in [7, 11) is 0. The smallest absolute Gasteiger partial charge is 0.0822 e. The van der Waals surface area contributed by atoms with Crippen LogP contribution in [0.4, 0.5) is 5.69 Å². The molecule has 88 valence electrons. The molecule has 0 aliphatic carbocycles. The minimum atomic E-state index is 0.558. The van der Waals surface area contributed by atoms with E-state index in [1.165, 1.54) is 25.7 Å². The summed E-state index contributed by atoms with van der Waals surface area (Å²) in [4.78, 5) is 6.47. The molecule has 1 aliphatic rings. The molecule has 1 saturated heterocycles. The van der Waals surface area contributed by atoms with E-state index in [-0.39, 0.29) is 0 Å². The molecule has 0 aromatic carbocycles. The molecule has 1 unspecified atom stereocenters. The summed E-state index contributed by atoms with van der Waals surface area (Å²) in [6, 6.07) is 2.57. The maximum Gasteiger partial charge on any atom is 0.0822 e. The van der Waals surface area contributed by atoms with Crippen molar-refractivity contribution in [2.24, 2.45) is 0 Å². The number of hydrogen-bond donors (Lipinski definition) is 0. The average molecular weight is 304 g/mol. The number of halogens is 2. The average Bonchev–Trinajstić information content (AvgIpc) is 2.54. The predicted octanol–water partition coefficient (Wildman–Crippen LogP) is 3.88. The third-order valence-corrected chi connectivity index (χ3v) is 4.15. The molecule has 0 radical (unpaired) electrons. The van der Waals surface area contributed by atoms with Crippen LogP contribution in [0, 0.1) is 0 Å². The molecule has 2 nitrogen and oxygen atoms in total. The van der Waals surface area contributed by atoms with E-state index in [1.807, 2.05) is 12.3 Å². The highest BCUT2D eigenvalue weighted by Gasteiger charge is 2.21. The number of anilines is 1. The van der Waals surface area contributed by atoms with Gasteiger partial charge in [0.05, 0.1) is 10.7 Å². The van der Waals surface area contributed by atoms with E-state index in [1.54, 1.807) is 6.20 Å². The van der Waals surface area contributed by atoms with Crippen LogP contribution in [-0.4, -0.2) is 22.9 Å². The second-order valence-corrected chi connectivity index (χ2v) is 5.23. The van der Waals surface area contributed by atoms with Crippen LogP contribution in [0.25, 0.3) is 0 Å². The molecule has 1 aromatic heterocycles. The lowest BCUT2D eigenvalue weighted by Crippen LogP contribution is -2.36. The van der Waals surface area contributed by atoms with Crippen LogP contribution in [0.1, 0.15) is 25.7 Å². The van der Waals surface area contributed by atoms with Crippen molar-refractivity contribution in [3.8, 4) is 0 Å². The second kappa shape index (κ2) is 5.87. The van der Waals surface area contributed by atoms with Crippen LogP contribution in [0.15, 0.2) is 18.5 Å². The largest absolute Gasteiger partial charge is 0.366 e. The second-order valence-electron chi connectivity index (χ2n) is 4.18. The maximum absolute atomic E-state index is 6.21. The molecule has 2 rings (SSSR count). The van der Waals surface area contributed by atoms with Gasteiger partial charge in [0.25, 0.3) is 0 Å². The Hall–Kier alpha value is -0.280. The van der Waals surface area contributed by atoms with Crippen molar-refractivity contribution in [1.29, 1.82) is 0 Å². The summed E-state index contributed by atoms with van der Waals surface area (Å²) in [6.07, 6.45) is 8.68. The Morgan fingerprint density at radius 3 is 3.06 bits per heavy atom. The summed E-state index contributed by atoms with van der Waals surface area (Å²) in [5, 5.41) is 1.77. The first-order chi connectivity index (χ1) is 7.83. The minimum absolute atomic E-state index is 0.558. The Labute approximate surface area is 110 Å². The van der Waals surface area contributed by atoms with Gasteiger partial charge in [-0.3, -0.25) is 4.98 Å². The van der Waals surface area contributed by atoms with Gasteiger partial charge in [0.2, 0.25) is 0 Å². The van der Waals surface area contributed by atoms with E-state index < -0.39 is 0 Å². The summed E-state index contributed by atoms with van der Waals surface area (Å²) in [6.45, 7) is 1.10. The molecule has 0 N–H and O–H groups in total. The highest BCUT2D eigenvalue weighted by molar-refractivity contribution is 9.09. The van der Waals surface area contributed by atoms with Gasteiger partial charge in [-0.25, -0.2) is 0 Å². The van der Waals surface area contributed by atoms with Crippen molar-refractivity contribution in [2.45, 2.75) is 31.7 Å². The molecule has 1 aliphatic heterocycles. The summed E-state index contributed by atoms with van der Waals surface area (Å²) in [5.74, 6) is 0. The Balaban J connectivity index is 2.25. The van der Waals surface area contributed by atoms with Crippen LogP contribution in [0.3, 0.4) is 0 Å². The zero-order valence-corrected chi connectivity index (χ0v) is 11.5. The summed E-state index contributed by atoms with van der Waals surface area (Å²) >= 11 is 9.82. The number of hydrogen-bond acceptors (Lipinski definition) is 2. The Bertz CT molecular complexity index is 346. The molecule has 4 heteroatoms. The van der Waals surface area contributed by atoms with Crippen molar-refractivity contribution in [1.82, 2.24) is 4.98 Å². The van der Waals surface area contributed by atoms with Crippen molar-refractivity contribution in [2.75, 3.05) is 16.8 Å². The normalized spacial score (nSPS) is 21.9. The van der Waals surface area contributed by atoms with Gasteiger partial charge >= 0.3 is 0 Å². The Morgan fingerprint density at radius 1 is 1.44 bits per heavy atom. The van der Waals surface area contributed by atoms with E-state index in [9.17, 15) is 0 Å². The molecule has 0 spiro atoms. The van der Waals surface area contributed by atoms with Crippen LogP contribution >= 0.6 is 27.5 Å². The van der Waals surface area contributed by atoms with Crippen molar-refractivity contribution < 1.29 is 0 Å². The fraction of sp³-hybridized carbons (Fsp3) is 0.583. The van der Waals surface area contributed by atoms with Crippen molar-refractivity contribution in [3.05, 3.63) is 23.5 Å². The van der Waals surface area contributed by atoms with E-state index in [0.717, 1.165) is 22.6 Å². The van der Waals surface area contributed by atoms with Crippen LogP contribution < -0.4 is 4.90 Å². The highest BCUT2D eigenvalue weighted by atomic mass is 79.9. The third-order valence-electron chi connectivity index (χ3n) is 3.12. The molecule has 0 amide bonds. The molecule has 0 saturated carbocycles. The van der Waals surface area contributed by atoms with Crippen molar-refractivity contribution in [3.63, 3.8) is 0 Å². The van der Waals surface area contributed by atoms with Gasteiger partial charge in [0.15, 0.2) is 0 Å². The first kappa shape index (κ1) is 12.2. The Kier molecular flexibility index (Phi) is 4.47. The van der Waals surface area contributed by atoms with Crippen LogP contribution in [0.5, 0.6) is 0 Å². The molecule has 1 aromatic rings. The van der Waals surface area contributed by atoms with Gasteiger partial charge in [0, 0.05) is 30.3 Å². The van der Waals surface area contributed by atoms with Gasteiger partial charge in [0.1, 0.15) is 0 Å². The lowest BCUT2D eigenvalue weighted by atomic mass is 10.1. The zero-order chi connectivity index (χ0) is 11.4. The number of aromatic nitrogens is 1. The molecular weight excluding hydrogens is 288 g/mol. The zero-order valence-electron chi connectivity index (χ0n) is 9.20. The summed E-state index contributed by atoms with van der Waals surface area (Å²) in [5.41, 5.74) is 1.13. The number of rotatable bonds is 2. The molecule has 0 bridgehead atoms. The van der Waals surface area contributed by atoms with Gasteiger partial charge < -0.3 is 4.90 Å². The van der Waals surface area contributed by atoms with Crippen LogP contribution in [0.2, 0.25) is 5.02 Å². The number of alkyl halides is 1. The topological polar surface area (TPSA) is 16.1 Å². The molecule has 1 fully saturated rings. The van der Waals surface area contributed by atoms with Gasteiger partial charge in [-0.2, -0.15) is 0 Å². The van der Waals surface area contributed by atoms with E-state index in [0.29, 0.717) is 6.04 Å². The Morgan fingerprint density at radius 2 is 2.31 bits per heavy atom. The first-order valence-corrected chi connectivity index (χ1v) is 7.25. The first-order valence-electron chi connectivity index (χ1n) is 5.75. The van der Waals surface area contributed by atoms with E-state index >= 15 is 0 Å². The maximum atomic E-state index is 6.21. The van der Waals surface area contributed by atoms with Gasteiger partial charge in [-0.15, -0.1) is 0 Å². The third kappa shape index (κ3) is 2.69. The number of pyridine rings is 1. The lowest BCUT2D eigenvalue weighted by Gasteiger charge is -2.31. The molecule has 2 heterocycles. The molecule has 1 atom stereocenters. The van der Waals surface area contributed by atoms with E-state index in [4.69, 9.17) is 11.6 Å². The van der Waals surface area contributed by atoms with Gasteiger partial charge in [-0.05, 0) is 18.9 Å². The molecule has 16 heavy (non-hydrogen) atoms. The highest BCUT2D eigenvalue weighted by Crippen LogP contribution is 2.30. The quantitative estimate of drug-likeness (QED) is 0.771. The standard InChI is InChI=1S/C12H16BrClN2/c13-8-10-4-2-1-3-7-16(10)12-5-6-15-9-11(12)14/h5-6,9-10H,1-4,7-8H2. The fourth-order valence-corrected chi connectivity index (χ4v) is 3.16. The molecular formula is C12H16BrClN2. The van der Waals surface area contributed by atoms with Gasteiger partial charge in [-0.1, -0.05) is 40.4 Å². The predicted molar refractivity (Wildman–Crippen MR) is 72.6 cm³/mol. The fourth-order valence-electron chi connectivity index (χ4n) is 2.26. The minimum Gasteiger partial charge on any atom is -0.366 e. The lowest BCUT2D eigenvalue weighted by molar-refractivity contribution is 0.626. The number of nitrogens with zero attached hydrogens (tertiary/aromatic N) is 2. The summed E-state index contributed by atoms with van der Waals surface area (Å²) < 4.78 is 0. The SMILES string of the molecule is Clc1cnccc1N1CCCCCC1CBr.